The summed E-state index contributed by atoms with van der Waals surface area (Å²) in [6, 6.07) is 1.69. The SMILES string of the molecule is COCC1CCCN(C(=O)Cn2ccc(N)n2)C1. The molecule has 0 aliphatic carbocycles. The molecule has 1 aromatic heterocycles. The molecule has 100 valence electrons. The summed E-state index contributed by atoms with van der Waals surface area (Å²) in [6.07, 6.45) is 3.90. The van der Waals surface area contributed by atoms with E-state index in [1.54, 1.807) is 24.1 Å². The molecule has 6 heteroatoms. The second-order valence-electron chi connectivity index (χ2n) is 4.74. The summed E-state index contributed by atoms with van der Waals surface area (Å²) in [5, 5.41) is 4.02. The molecule has 1 unspecified atom stereocenters. The first-order chi connectivity index (χ1) is 8.69. The van der Waals surface area contributed by atoms with Gasteiger partial charge in [-0.2, -0.15) is 5.10 Å². The van der Waals surface area contributed by atoms with E-state index in [2.05, 4.69) is 5.10 Å². The first kappa shape index (κ1) is 12.9. The fourth-order valence-electron chi connectivity index (χ4n) is 2.37. The largest absolute Gasteiger partial charge is 0.384 e. The van der Waals surface area contributed by atoms with E-state index >= 15 is 0 Å². The summed E-state index contributed by atoms with van der Waals surface area (Å²) in [5.74, 6) is 0.994. The molecule has 0 aromatic carbocycles. The zero-order valence-electron chi connectivity index (χ0n) is 10.7. The third kappa shape index (κ3) is 3.22. The van der Waals surface area contributed by atoms with E-state index in [0.717, 1.165) is 32.5 Å². The maximum absolute atomic E-state index is 12.1. The van der Waals surface area contributed by atoms with Gasteiger partial charge >= 0.3 is 0 Å². The number of nitrogens with zero attached hydrogens (tertiary/aromatic N) is 3. The maximum Gasteiger partial charge on any atom is 0.244 e. The van der Waals surface area contributed by atoms with E-state index in [0.29, 0.717) is 11.7 Å². The van der Waals surface area contributed by atoms with Crippen LogP contribution < -0.4 is 5.73 Å². The molecule has 2 rings (SSSR count). The molecule has 1 fully saturated rings. The van der Waals surface area contributed by atoms with Crippen LogP contribution in [0.1, 0.15) is 12.8 Å². The van der Waals surface area contributed by atoms with Gasteiger partial charge in [0, 0.05) is 26.4 Å². The van der Waals surface area contributed by atoms with Gasteiger partial charge in [0.1, 0.15) is 12.4 Å². The van der Waals surface area contributed by atoms with Crippen molar-refractivity contribution in [3.8, 4) is 0 Å². The van der Waals surface area contributed by atoms with Crippen molar-refractivity contribution in [3.63, 3.8) is 0 Å². The van der Waals surface area contributed by atoms with Crippen LogP contribution in [0, 0.1) is 5.92 Å². The highest BCUT2D eigenvalue weighted by Gasteiger charge is 2.23. The Morgan fingerprint density at radius 3 is 3.17 bits per heavy atom. The lowest BCUT2D eigenvalue weighted by Crippen LogP contribution is -2.42. The predicted octanol–water partition coefficient (Wildman–Crippen LogP) is 0.350. The Bertz CT molecular complexity index is 403. The van der Waals surface area contributed by atoms with E-state index in [9.17, 15) is 4.79 Å². The van der Waals surface area contributed by atoms with Gasteiger partial charge in [0.05, 0.1) is 6.61 Å². The summed E-state index contributed by atoms with van der Waals surface area (Å²) in [4.78, 5) is 14.0. The molecule has 0 spiro atoms. The highest BCUT2D eigenvalue weighted by Crippen LogP contribution is 2.17. The maximum atomic E-state index is 12.1. The van der Waals surface area contributed by atoms with Crippen molar-refractivity contribution in [2.45, 2.75) is 19.4 Å². The molecule has 0 saturated carbocycles. The second-order valence-corrected chi connectivity index (χ2v) is 4.74. The lowest BCUT2D eigenvalue weighted by Gasteiger charge is -2.32. The topological polar surface area (TPSA) is 73.4 Å². The zero-order chi connectivity index (χ0) is 13.0. The van der Waals surface area contributed by atoms with Crippen LogP contribution in [0.15, 0.2) is 12.3 Å². The normalized spacial score (nSPS) is 20.1. The molecular formula is C12H20N4O2. The summed E-state index contributed by atoms with van der Waals surface area (Å²) >= 11 is 0. The minimum atomic E-state index is 0.0962. The van der Waals surface area contributed by atoms with Gasteiger partial charge < -0.3 is 15.4 Å². The number of nitrogen functional groups attached to an aromatic ring is 1. The number of amides is 1. The minimum Gasteiger partial charge on any atom is -0.384 e. The average molecular weight is 252 g/mol. The number of nitrogens with two attached hydrogens (primary N) is 1. The van der Waals surface area contributed by atoms with Gasteiger partial charge in [0.25, 0.3) is 0 Å². The van der Waals surface area contributed by atoms with Gasteiger partial charge in [-0.1, -0.05) is 0 Å². The Balaban J connectivity index is 1.88. The van der Waals surface area contributed by atoms with Gasteiger partial charge in [0.2, 0.25) is 5.91 Å². The Kier molecular flexibility index (Phi) is 4.19. The summed E-state index contributed by atoms with van der Waals surface area (Å²) in [7, 11) is 1.70. The summed E-state index contributed by atoms with van der Waals surface area (Å²) in [6.45, 7) is 2.59. The molecule has 1 saturated heterocycles. The van der Waals surface area contributed by atoms with Crippen LogP contribution in [-0.2, 0) is 16.1 Å². The molecule has 1 aromatic rings. The standard InChI is InChI=1S/C12H20N4O2/c1-18-9-10-3-2-5-15(7-10)12(17)8-16-6-4-11(13)14-16/h4,6,10H,2-3,5,7-9H2,1H3,(H2,13,14). The van der Waals surface area contributed by atoms with Crippen LogP contribution in [0.3, 0.4) is 0 Å². The number of hydrogen-bond donors (Lipinski definition) is 1. The first-order valence-corrected chi connectivity index (χ1v) is 6.24. The number of likely N-dealkylation sites (tertiary alicyclic amines) is 1. The Labute approximate surface area is 107 Å². The Morgan fingerprint density at radius 2 is 2.50 bits per heavy atom. The first-order valence-electron chi connectivity index (χ1n) is 6.24. The summed E-state index contributed by atoms with van der Waals surface area (Å²) in [5.41, 5.74) is 5.52. The van der Waals surface area contributed by atoms with E-state index in [1.807, 2.05) is 4.90 Å². The fraction of sp³-hybridized carbons (Fsp3) is 0.667. The number of carbonyl (C=O) groups is 1. The molecule has 0 radical (unpaired) electrons. The van der Waals surface area contributed by atoms with Gasteiger partial charge in [-0.15, -0.1) is 0 Å². The van der Waals surface area contributed by atoms with Crippen molar-refractivity contribution >= 4 is 11.7 Å². The summed E-state index contributed by atoms with van der Waals surface area (Å²) < 4.78 is 6.74. The molecule has 2 N–H and O–H groups in total. The number of carbonyl (C=O) groups excluding carboxylic acids is 1. The monoisotopic (exact) mass is 252 g/mol. The molecule has 1 aliphatic heterocycles. The molecular weight excluding hydrogens is 232 g/mol. The van der Waals surface area contributed by atoms with Gasteiger partial charge in [0.15, 0.2) is 0 Å². The molecule has 18 heavy (non-hydrogen) atoms. The van der Waals surface area contributed by atoms with Gasteiger partial charge in [-0.05, 0) is 24.8 Å². The number of methoxy groups -OCH3 is 1. The predicted molar refractivity (Wildman–Crippen MR) is 67.8 cm³/mol. The second kappa shape index (κ2) is 5.86. The quantitative estimate of drug-likeness (QED) is 0.839. The molecule has 1 atom stereocenters. The number of rotatable bonds is 4. The van der Waals surface area contributed by atoms with E-state index < -0.39 is 0 Å². The van der Waals surface area contributed by atoms with Crippen LogP contribution in [-0.4, -0.2) is 47.4 Å². The highest BCUT2D eigenvalue weighted by molar-refractivity contribution is 5.76. The molecule has 6 nitrogen and oxygen atoms in total. The Morgan fingerprint density at radius 1 is 1.67 bits per heavy atom. The van der Waals surface area contributed by atoms with Crippen molar-refractivity contribution in [3.05, 3.63) is 12.3 Å². The van der Waals surface area contributed by atoms with Crippen molar-refractivity contribution < 1.29 is 9.53 Å². The number of hydrogen-bond acceptors (Lipinski definition) is 4. The van der Waals surface area contributed by atoms with Crippen LogP contribution in [0.25, 0.3) is 0 Å². The molecule has 1 aliphatic rings. The van der Waals surface area contributed by atoms with Crippen molar-refractivity contribution in [2.24, 2.45) is 5.92 Å². The molecule has 1 amide bonds. The van der Waals surface area contributed by atoms with Crippen LogP contribution in [0.2, 0.25) is 0 Å². The number of ether oxygens (including phenoxy) is 1. The average Bonchev–Trinajstić information content (AvgIpc) is 2.75. The van der Waals surface area contributed by atoms with Crippen molar-refractivity contribution in [1.29, 1.82) is 0 Å². The van der Waals surface area contributed by atoms with E-state index in [-0.39, 0.29) is 12.5 Å². The lowest BCUT2D eigenvalue weighted by atomic mass is 9.99. The molecule has 2 heterocycles. The van der Waals surface area contributed by atoms with E-state index in [1.165, 1.54) is 0 Å². The van der Waals surface area contributed by atoms with E-state index in [4.69, 9.17) is 10.5 Å². The van der Waals surface area contributed by atoms with Crippen LogP contribution in [0.5, 0.6) is 0 Å². The zero-order valence-corrected chi connectivity index (χ0v) is 10.7. The number of piperidine rings is 1. The van der Waals surface area contributed by atoms with Crippen molar-refractivity contribution in [2.75, 3.05) is 32.5 Å². The third-order valence-corrected chi connectivity index (χ3v) is 3.23. The number of anilines is 1. The van der Waals surface area contributed by atoms with Crippen LogP contribution >= 0.6 is 0 Å². The lowest BCUT2D eigenvalue weighted by molar-refractivity contribution is -0.134. The third-order valence-electron chi connectivity index (χ3n) is 3.23. The van der Waals surface area contributed by atoms with Gasteiger partial charge in [-0.25, -0.2) is 0 Å². The smallest absolute Gasteiger partial charge is 0.244 e. The van der Waals surface area contributed by atoms with Gasteiger partial charge in [-0.3, -0.25) is 9.48 Å². The fourth-order valence-corrected chi connectivity index (χ4v) is 2.37. The highest BCUT2D eigenvalue weighted by atomic mass is 16.5. The minimum absolute atomic E-state index is 0.0962. The van der Waals surface area contributed by atoms with Crippen molar-refractivity contribution in [1.82, 2.24) is 14.7 Å². The molecule has 0 bridgehead atoms. The number of aromatic nitrogens is 2. The van der Waals surface area contributed by atoms with Crippen LogP contribution in [0.4, 0.5) is 5.82 Å². The Hall–Kier alpha value is -1.56.